The molecule has 1 fully saturated rings. The number of carbonyl (C=O) groups is 1. The van der Waals surface area contributed by atoms with Crippen molar-refractivity contribution in [3.63, 3.8) is 0 Å². The maximum atomic E-state index is 11.2. The quantitative estimate of drug-likeness (QED) is 0.688. The molecule has 0 heterocycles. The lowest BCUT2D eigenvalue weighted by Crippen LogP contribution is -2.44. The maximum Gasteiger partial charge on any atom is 0.335 e. The second kappa shape index (κ2) is 6.08. The van der Waals surface area contributed by atoms with Gasteiger partial charge in [0.2, 0.25) is 0 Å². The van der Waals surface area contributed by atoms with Crippen LogP contribution >= 0.6 is 0 Å². The average molecular weight is 216 g/mol. The molecule has 1 aliphatic carbocycles. The van der Waals surface area contributed by atoms with E-state index in [-0.39, 0.29) is 0 Å². The van der Waals surface area contributed by atoms with E-state index >= 15 is 0 Å². The van der Waals surface area contributed by atoms with Crippen molar-refractivity contribution >= 4 is 5.97 Å². The Bertz CT molecular complexity index is 197. The van der Waals surface area contributed by atoms with E-state index in [1.165, 1.54) is 0 Å². The van der Waals surface area contributed by atoms with Gasteiger partial charge in [0.15, 0.2) is 5.60 Å². The van der Waals surface area contributed by atoms with Gasteiger partial charge < -0.3 is 14.6 Å². The zero-order chi connectivity index (χ0) is 11.1. The number of hydrogen-bond donors (Lipinski definition) is 1. The van der Waals surface area contributed by atoms with Gasteiger partial charge in [0, 0.05) is 6.61 Å². The van der Waals surface area contributed by atoms with E-state index in [0.29, 0.717) is 32.7 Å². The smallest absolute Gasteiger partial charge is 0.335 e. The van der Waals surface area contributed by atoms with Crippen molar-refractivity contribution in [2.75, 3.05) is 19.8 Å². The van der Waals surface area contributed by atoms with Gasteiger partial charge in [-0.25, -0.2) is 4.79 Å². The molecule has 0 aromatic rings. The highest BCUT2D eigenvalue weighted by atomic mass is 16.6. The van der Waals surface area contributed by atoms with E-state index in [0.717, 1.165) is 19.3 Å². The first-order chi connectivity index (χ1) is 7.21. The third kappa shape index (κ3) is 3.47. The first-order valence-electron chi connectivity index (χ1n) is 5.66. The fraction of sp³-hybridized carbons (Fsp3) is 0.909. The predicted molar refractivity (Wildman–Crippen MR) is 55.9 cm³/mol. The van der Waals surface area contributed by atoms with Crippen LogP contribution in [0.4, 0.5) is 0 Å². The molecule has 4 nitrogen and oxygen atoms in total. The van der Waals surface area contributed by atoms with Crippen LogP contribution in [0, 0.1) is 0 Å². The molecule has 0 atom stereocenters. The molecule has 0 unspecified atom stereocenters. The van der Waals surface area contributed by atoms with E-state index in [1.807, 2.05) is 6.92 Å². The SMILES string of the molecule is CCOCCOC1(C(=O)O)CCCCC1. The van der Waals surface area contributed by atoms with Crippen LogP contribution in [0.1, 0.15) is 39.0 Å². The highest BCUT2D eigenvalue weighted by Crippen LogP contribution is 2.31. The van der Waals surface area contributed by atoms with Gasteiger partial charge in [-0.15, -0.1) is 0 Å². The summed E-state index contributed by atoms with van der Waals surface area (Å²) in [4.78, 5) is 11.2. The van der Waals surface area contributed by atoms with Gasteiger partial charge in [-0.2, -0.15) is 0 Å². The molecule has 1 rings (SSSR count). The Labute approximate surface area is 90.6 Å². The Morgan fingerprint density at radius 1 is 1.27 bits per heavy atom. The topological polar surface area (TPSA) is 55.8 Å². The molecule has 1 N–H and O–H groups in total. The third-order valence-corrected chi connectivity index (χ3v) is 2.86. The second-order valence-corrected chi connectivity index (χ2v) is 3.91. The summed E-state index contributed by atoms with van der Waals surface area (Å²) in [5.41, 5.74) is -0.935. The molecular formula is C11H20O4. The van der Waals surface area contributed by atoms with Crippen LogP contribution in [0.25, 0.3) is 0 Å². The van der Waals surface area contributed by atoms with Gasteiger partial charge in [-0.05, 0) is 32.6 Å². The van der Waals surface area contributed by atoms with E-state index < -0.39 is 11.6 Å². The van der Waals surface area contributed by atoms with Gasteiger partial charge in [0.25, 0.3) is 0 Å². The molecule has 0 aliphatic heterocycles. The van der Waals surface area contributed by atoms with E-state index in [4.69, 9.17) is 9.47 Å². The fourth-order valence-corrected chi connectivity index (χ4v) is 1.98. The molecule has 0 spiro atoms. The van der Waals surface area contributed by atoms with Crippen molar-refractivity contribution in [3.8, 4) is 0 Å². The number of aliphatic carboxylic acids is 1. The Balaban J connectivity index is 2.39. The van der Waals surface area contributed by atoms with Crippen LogP contribution in [0.15, 0.2) is 0 Å². The molecule has 0 saturated heterocycles. The molecule has 0 radical (unpaired) electrons. The lowest BCUT2D eigenvalue weighted by molar-refractivity contribution is -0.172. The first-order valence-corrected chi connectivity index (χ1v) is 5.66. The van der Waals surface area contributed by atoms with Crippen LogP contribution < -0.4 is 0 Å². The van der Waals surface area contributed by atoms with Crippen LogP contribution in [0.2, 0.25) is 0 Å². The molecular weight excluding hydrogens is 196 g/mol. The fourth-order valence-electron chi connectivity index (χ4n) is 1.98. The van der Waals surface area contributed by atoms with Crippen molar-refractivity contribution in [2.24, 2.45) is 0 Å². The minimum Gasteiger partial charge on any atom is -0.479 e. The van der Waals surface area contributed by atoms with Gasteiger partial charge >= 0.3 is 5.97 Å². The summed E-state index contributed by atoms with van der Waals surface area (Å²) in [6.45, 7) is 3.41. The normalized spacial score (nSPS) is 20.1. The average Bonchev–Trinajstić information content (AvgIpc) is 2.26. The highest BCUT2D eigenvalue weighted by Gasteiger charge is 2.40. The molecule has 0 amide bonds. The Kier molecular flexibility index (Phi) is 5.05. The first kappa shape index (κ1) is 12.5. The Hall–Kier alpha value is -0.610. The molecule has 15 heavy (non-hydrogen) atoms. The van der Waals surface area contributed by atoms with Crippen molar-refractivity contribution in [3.05, 3.63) is 0 Å². The summed E-state index contributed by atoms with van der Waals surface area (Å²) < 4.78 is 10.6. The number of rotatable bonds is 6. The van der Waals surface area contributed by atoms with Gasteiger partial charge in [0.05, 0.1) is 13.2 Å². The van der Waals surface area contributed by atoms with E-state index in [1.54, 1.807) is 0 Å². The molecule has 4 heteroatoms. The van der Waals surface area contributed by atoms with Crippen molar-refractivity contribution in [1.82, 2.24) is 0 Å². The minimum atomic E-state index is -0.935. The molecule has 1 saturated carbocycles. The molecule has 0 aromatic carbocycles. The Morgan fingerprint density at radius 3 is 2.47 bits per heavy atom. The van der Waals surface area contributed by atoms with Gasteiger partial charge in [0.1, 0.15) is 0 Å². The molecule has 88 valence electrons. The second-order valence-electron chi connectivity index (χ2n) is 3.91. The van der Waals surface area contributed by atoms with E-state index in [2.05, 4.69) is 0 Å². The van der Waals surface area contributed by atoms with Gasteiger partial charge in [-0.1, -0.05) is 6.42 Å². The maximum absolute atomic E-state index is 11.2. The van der Waals surface area contributed by atoms with Crippen molar-refractivity contribution < 1.29 is 19.4 Å². The summed E-state index contributed by atoms with van der Waals surface area (Å²) in [6, 6.07) is 0. The number of ether oxygens (including phenoxy) is 2. The van der Waals surface area contributed by atoms with Gasteiger partial charge in [-0.3, -0.25) is 0 Å². The van der Waals surface area contributed by atoms with Crippen LogP contribution in [-0.2, 0) is 14.3 Å². The van der Waals surface area contributed by atoms with Crippen LogP contribution in [0.3, 0.4) is 0 Å². The van der Waals surface area contributed by atoms with Crippen LogP contribution in [-0.4, -0.2) is 36.5 Å². The summed E-state index contributed by atoms with van der Waals surface area (Å²) >= 11 is 0. The lowest BCUT2D eigenvalue weighted by atomic mass is 9.85. The monoisotopic (exact) mass is 216 g/mol. The molecule has 1 aliphatic rings. The van der Waals surface area contributed by atoms with E-state index in [9.17, 15) is 9.90 Å². The van der Waals surface area contributed by atoms with Crippen LogP contribution in [0.5, 0.6) is 0 Å². The highest BCUT2D eigenvalue weighted by molar-refractivity contribution is 5.77. The summed E-state index contributed by atoms with van der Waals surface area (Å²) in [7, 11) is 0. The van der Waals surface area contributed by atoms with Crippen molar-refractivity contribution in [2.45, 2.75) is 44.6 Å². The zero-order valence-electron chi connectivity index (χ0n) is 9.33. The minimum absolute atomic E-state index is 0.375. The summed E-state index contributed by atoms with van der Waals surface area (Å²) in [6.07, 6.45) is 4.27. The lowest BCUT2D eigenvalue weighted by Gasteiger charge is -2.33. The number of carboxylic acids is 1. The predicted octanol–water partition coefficient (Wildman–Crippen LogP) is 1.83. The largest absolute Gasteiger partial charge is 0.479 e. The standard InChI is InChI=1S/C11H20O4/c1-2-14-8-9-15-11(10(12)13)6-4-3-5-7-11/h2-9H2,1H3,(H,12,13). The summed E-state index contributed by atoms with van der Waals surface area (Å²) in [5.74, 6) is -0.821. The van der Waals surface area contributed by atoms with Crippen molar-refractivity contribution in [1.29, 1.82) is 0 Å². The molecule has 0 bridgehead atoms. The summed E-state index contributed by atoms with van der Waals surface area (Å²) in [5, 5.41) is 9.18. The Morgan fingerprint density at radius 2 is 1.93 bits per heavy atom. The molecule has 0 aromatic heterocycles. The zero-order valence-corrected chi connectivity index (χ0v) is 9.33. The third-order valence-electron chi connectivity index (χ3n) is 2.86. The number of hydrogen-bond acceptors (Lipinski definition) is 3. The number of carboxylic acid groups (broad SMARTS) is 1.